The van der Waals surface area contributed by atoms with Crippen molar-refractivity contribution in [2.75, 3.05) is 17.2 Å². The summed E-state index contributed by atoms with van der Waals surface area (Å²) >= 11 is 11.8. The third kappa shape index (κ3) is 5.98. The molecule has 0 saturated heterocycles. The summed E-state index contributed by atoms with van der Waals surface area (Å²) in [6.45, 7) is 2.26. The van der Waals surface area contributed by atoms with Gasteiger partial charge in [0.25, 0.3) is 0 Å². The first-order valence-corrected chi connectivity index (χ1v) is 9.01. The summed E-state index contributed by atoms with van der Waals surface area (Å²) in [6, 6.07) is 10.7. The molecule has 0 unspecified atom stereocenters. The van der Waals surface area contributed by atoms with E-state index < -0.39 is 17.8 Å². The zero-order valence-electron chi connectivity index (χ0n) is 14.6. The lowest BCUT2D eigenvalue weighted by molar-refractivity contribution is -0.133. The van der Waals surface area contributed by atoms with Crippen molar-refractivity contribution in [2.24, 2.45) is 0 Å². The van der Waals surface area contributed by atoms with E-state index in [4.69, 9.17) is 27.9 Å². The number of nitrogens with one attached hydrogen (secondary N) is 2. The van der Waals surface area contributed by atoms with Crippen LogP contribution in [0, 0.1) is 0 Å². The molecule has 2 N–H and O–H groups in total. The van der Waals surface area contributed by atoms with Gasteiger partial charge in [-0.1, -0.05) is 48.7 Å². The van der Waals surface area contributed by atoms with Gasteiger partial charge in [-0.15, -0.1) is 0 Å². The number of amides is 2. The summed E-state index contributed by atoms with van der Waals surface area (Å²) in [5, 5.41) is 5.40. The molecule has 142 valence electrons. The third-order valence-corrected chi connectivity index (χ3v) is 4.06. The number of ether oxygens (including phenoxy) is 1. The van der Waals surface area contributed by atoms with Crippen LogP contribution in [0.2, 0.25) is 10.0 Å². The minimum Gasteiger partial charge on any atom is -0.462 e. The maximum absolute atomic E-state index is 12.2. The molecule has 0 aliphatic heterocycles. The molecule has 27 heavy (non-hydrogen) atoms. The number of benzene rings is 2. The van der Waals surface area contributed by atoms with Gasteiger partial charge in [0.2, 0.25) is 0 Å². The van der Waals surface area contributed by atoms with Crippen molar-refractivity contribution in [1.29, 1.82) is 0 Å². The van der Waals surface area contributed by atoms with E-state index in [2.05, 4.69) is 10.6 Å². The predicted octanol–water partition coefficient (Wildman–Crippen LogP) is 4.53. The molecule has 0 spiro atoms. The van der Waals surface area contributed by atoms with Crippen molar-refractivity contribution in [2.45, 2.75) is 19.8 Å². The Morgan fingerprint density at radius 2 is 1.63 bits per heavy atom. The molecule has 0 atom stereocenters. The van der Waals surface area contributed by atoms with Gasteiger partial charge in [-0.3, -0.25) is 9.59 Å². The number of hydrogen-bond donors (Lipinski definition) is 2. The lowest BCUT2D eigenvalue weighted by atomic mass is 10.1. The molecule has 0 aliphatic carbocycles. The van der Waals surface area contributed by atoms with Crippen LogP contribution < -0.4 is 10.6 Å². The first kappa shape index (κ1) is 20.7. The lowest BCUT2D eigenvalue weighted by Crippen LogP contribution is -2.30. The van der Waals surface area contributed by atoms with E-state index in [0.717, 1.165) is 12.8 Å². The number of anilines is 2. The average molecular weight is 409 g/mol. The summed E-state index contributed by atoms with van der Waals surface area (Å²) in [5.41, 5.74) is 0.592. The summed E-state index contributed by atoms with van der Waals surface area (Å²) in [6.07, 6.45) is 1.63. The van der Waals surface area contributed by atoms with Crippen LogP contribution in [0.3, 0.4) is 0 Å². The van der Waals surface area contributed by atoms with Crippen LogP contribution >= 0.6 is 23.2 Å². The number of para-hydroxylation sites is 1. The van der Waals surface area contributed by atoms with Gasteiger partial charge in [-0.25, -0.2) is 4.79 Å². The molecule has 0 radical (unpaired) electrons. The van der Waals surface area contributed by atoms with Crippen molar-refractivity contribution < 1.29 is 19.1 Å². The minimum atomic E-state index is -0.949. The Morgan fingerprint density at radius 3 is 2.30 bits per heavy atom. The Hall–Kier alpha value is -2.57. The van der Waals surface area contributed by atoms with E-state index in [1.165, 1.54) is 30.3 Å². The molecule has 0 saturated carbocycles. The number of esters is 1. The number of carbonyl (C=O) groups excluding carboxylic acids is 3. The maximum Gasteiger partial charge on any atom is 0.340 e. The number of hydrogen-bond acceptors (Lipinski definition) is 4. The van der Waals surface area contributed by atoms with Gasteiger partial charge in [0, 0.05) is 5.02 Å². The summed E-state index contributed by atoms with van der Waals surface area (Å²) in [4.78, 5) is 36.5. The first-order valence-electron chi connectivity index (χ1n) is 8.26. The molecular weight excluding hydrogens is 391 g/mol. The van der Waals surface area contributed by atoms with Crippen LogP contribution in [-0.2, 0) is 14.3 Å². The maximum atomic E-state index is 12.2. The smallest absolute Gasteiger partial charge is 0.340 e. The molecule has 2 aromatic rings. The fourth-order valence-electron chi connectivity index (χ4n) is 2.11. The van der Waals surface area contributed by atoms with Gasteiger partial charge in [-0.05, 0) is 36.8 Å². The van der Waals surface area contributed by atoms with E-state index in [1.54, 1.807) is 12.1 Å². The molecule has 0 heterocycles. The molecule has 0 aromatic heterocycles. The van der Waals surface area contributed by atoms with E-state index in [-0.39, 0.29) is 28.6 Å². The minimum absolute atomic E-state index is 0.166. The zero-order valence-corrected chi connectivity index (χ0v) is 16.1. The fraction of sp³-hybridized carbons (Fsp3) is 0.211. The van der Waals surface area contributed by atoms with Crippen molar-refractivity contribution in [3.8, 4) is 0 Å². The number of carbonyl (C=O) groups is 3. The van der Waals surface area contributed by atoms with E-state index >= 15 is 0 Å². The highest BCUT2D eigenvalue weighted by atomic mass is 35.5. The summed E-state index contributed by atoms with van der Waals surface area (Å²) < 4.78 is 5.15. The van der Waals surface area contributed by atoms with Gasteiger partial charge in [0.05, 0.1) is 28.6 Å². The van der Waals surface area contributed by atoms with Crippen molar-refractivity contribution >= 4 is 52.4 Å². The Balaban J connectivity index is 2.06. The second-order valence-electron chi connectivity index (χ2n) is 5.57. The van der Waals surface area contributed by atoms with E-state index in [0.29, 0.717) is 5.02 Å². The quantitative estimate of drug-likeness (QED) is 0.417. The van der Waals surface area contributed by atoms with Gasteiger partial charge >= 0.3 is 17.8 Å². The van der Waals surface area contributed by atoms with Crippen LogP contribution in [0.15, 0.2) is 42.5 Å². The van der Waals surface area contributed by atoms with Crippen molar-refractivity contribution in [3.05, 3.63) is 58.1 Å². The van der Waals surface area contributed by atoms with Crippen LogP contribution in [0.1, 0.15) is 30.1 Å². The SMILES string of the molecule is CCCCOC(=O)c1ccccc1NC(=O)C(=O)Nc1ccc(Cl)cc1Cl. The molecule has 2 aromatic carbocycles. The van der Waals surface area contributed by atoms with Gasteiger partial charge in [0.15, 0.2) is 0 Å². The lowest BCUT2D eigenvalue weighted by Gasteiger charge is -2.11. The molecule has 0 aliphatic rings. The van der Waals surface area contributed by atoms with Gasteiger partial charge in [-0.2, -0.15) is 0 Å². The Kier molecular flexibility index (Phi) is 7.64. The van der Waals surface area contributed by atoms with Crippen LogP contribution in [0.5, 0.6) is 0 Å². The second kappa shape index (κ2) is 9.94. The Bertz CT molecular complexity index is 855. The highest BCUT2D eigenvalue weighted by molar-refractivity contribution is 6.45. The van der Waals surface area contributed by atoms with Gasteiger partial charge in [0.1, 0.15) is 0 Å². The largest absolute Gasteiger partial charge is 0.462 e. The van der Waals surface area contributed by atoms with Crippen LogP contribution in [0.25, 0.3) is 0 Å². The average Bonchev–Trinajstić information content (AvgIpc) is 2.64. The molecular formula is C19H18Cl2N2O4. The number of unbranched alkanes of at least 4 members (excludes halogenated alkanes) is 1. The highest BCUT2D eigenvalue weighted by Gasteiger charge is 2.19. The number of rotatable bonds is 6. The standard InChI is InChI=1S/C19H18Cl2N2O4/c1-2-3-10-27-19(26)13-6-4-5-7-15(13)22-17(24)18(25)23-16-9-8-12(20)11-14(16)21/h4-9,11H,2-3,10H2,1H3,(H,22,24)(H,23,25). The normalized spacial score (nSPS) is 10.2. The topological polar surface area (TPSA) is 84.5 Å². The van der Waals surface area contributed by atoms with Crippen LogP contribution in [0.4, 0.5) is 11.4 Å². The van der Waals surface area contributed by atoms with Crippen molar-refractivity contribution in [1.82, 2.24) is 0 Å². The monoisotopic (exact) mass is 408 g/mol. The second-order valence-corrected chi connectivity index (χ2v) is 6.41. The third-order valence-electron chi connectivity index (χ3n) is 3.51. The molecule has 6 nitrogen and oxygen atoms in total. The Labute approximate surface area is 166 Å². The Morgan fingerprint density at radius 1 is 0.963 bits per heavy atom. The van der Waals surface area contributed by atoms with Crippen LogP contribution in [-0.4, -0.2) is 24.4 Å². The zero-order chi connectivity index (χ0) is 19.8. The number of halogens is 2. The van der Waals surface area contributed by atoms with Crippen molar-refractivity contribution in [3.63, 3.8) is 0 Å². The van der Waals surface area contributed by atoms with E-state index in [1.807, 2.05) is 6.92 Å². The molecule has 8 heteroatoms. The molecule has 0 fully saturated rings. The molecule has 0 bridgehead atoms. The summed E-state index contributed by atoms with van der Waals surface area (Å²) in [5.74, 6) is -2.45. The van der Waals surface area contributed by atoms with E-state index in [9.17, 15) is 14.4 Å². The first-order chi connectivity index (χ1) is 12.9. The highest BCUT2D eigenvalue weighted by Crippen LogP contribution is 2.25. The predicted molar refractivity (Wildman–Crippen MR) is 105 cm³/mol. The fourth-order valence-corrected chi connectivity index (χ4v) is 2.56. The van der Waals surface area contributed by atoms with Gasteiger partial charge < -0.3 is 15.4 Å². The summed E-state index contributed by atoms with van der Waals surface area (Å²) in [7, 11) is 0. The molecule has 2 rings (SSSR count). The molecule has 2 amide bonds.